The van der Waals surface area contributed by atoms with Crippen molar-refractivity contribution < 1.29 is 9.53 Å². The molecule has 0 aliphatic carbocycles. The van der Waals surface area contributed by atoms with Crippen LogP contribution in [0.25, 0.3) is 6.08 Å². The molecule has 4 nitrogen and oxygen atoms in total. The molecule has 0 heterocycles. The van der Waals surface area contributed by atoms with E-state index in [-0.39, 0.29) is 12.0 Å². The van der Waals surface area contributed by atoms with Gasteiger partial charge in [0, 0.05) is 11.7 Å². The number of nitrogens with zero attached hydrogens (tertiary/aromatic N) is 1. The Balaban J connectivity index is 2.24. The minimum Gasteiger partial charge on any atom is -0.466 e. The Hall–Kier alpha value is -2.66. The number of aryl methyl sites for hydroxylation is 1. The van der Waals surface area contributed by atoms with Crippen molar-refractivity contribution in [3.8, 4) is 0 Å². The quantitative estimate of drug-likeness (QED) is 0.447. The highest BCUT2D eigenvalue weighted by Crippen LogP contribution is 2.15. The number of thiocarbonyl (C=S) groups is 1. The highest BCUT2D eigenvalue weighted by Gasteiger charge is 2.20. The predicted octanol–water partition coefficient (Wildman–Crippen LogP) is 4.66. The average Bonchev–Trinajstić information content (AvgIpc) is 2.66. The van der Waals surface area contributed by atoms with E-state index < -0.39 is 0 Å². The van der Waals surface area contributed by atoms with Crippen molar-refractivity contribution in [2.75, 3.05) is 19.0 Å². The SMILES string of the molecule is COC(=O)/C(=C/c1ccc(C)cc1)CN(C(=S)Nc1ccccc1)C(C)C. The van der Waals surface area contributed by atoms with E-state index in [1.54, 1.807) is 0 Å². The smallest absolute Gasteiger partial charge is 0.335 e. The van der Waals surface area contributed by atoms with E-state index in [1.165, 1.54) is 12.7 Å². The van der Waals surface area contributed by atoms with E-state index in [9.17, 15) is 4.79 Å². The number of hydrogen-bond donors (Lipinski definition) is 1. The molecular formula is C22H26N2O2S. The van der Waals surface area contributed by atoms with Crippen LogP contribution in [0.2, 0.25) is 0 Å². The fourth-order valence-electron chi connectivity index (χ4n) is 2.55. The predicted molar refractivity (Wildman–Crippen MR) is 116 cm³/mol. The first kappa shape index (κ1) is 20.6. The van der Waals surface area contributed by atoms with Gasteiger partial charge in [-0.3, -0.25) is 0 Å². The molecule has 0 atom stereocenters. The number of benzene rings is 2. The Morgan fingerprint density at radius 3 is 2.33 bits per heavy atom. The topological polar surface area (TPSA) is 41.6 Å². The van der Waals surface area contributed by atoms with Gasteiger partial charge in [-0.15, -0.1) is 0 Å². The molecule has 0 amide bonds. The maximum atomic E-state index is 12.3. The summed E-state index contributed by atoms with van der Waals surface area (Å²) in [6.07, 6.45) is 1.85. The van der Waals surface area contributed by atoms with E-state index >= 15 is 0 Å². The molecule has 0 aliphatic rings. The van der Waals surface area contributed by atoms with E-state index in [0.717, 1.165) is 11.3 Å². The summed E-state index contributed by atoms with van der Waals surface area (Å²) in [5.74, 6) is -0.358. The van der Waals surface area contributed by atoms with Gasteiger partial charge in [0.05, 0.1) is 19.2 Å². The van der Waals surface area contributed by atoms with E-state index in [2.05, 4.69) is 5.32 Å². The van der Waals surface area contributed by atoms with Gasteiger partial charge in [0.15, 0.2) is 5.11 Å². The van der Waals surface area contributed by atoms with Crippen molar-refractivity contribution in [2.45, 2.75) is 26.8 Å². The zero-order valence-electron chi connectivity index (χ0n) is 16.2. The molecule has 2 rings (SSSR count). The first-order valence-electron chi connectivity index (χ1n) is 8.89. The number of anilines is 1. The van der Waals surface area contributed by atoms with Crippen LogP contribution in [0.4, 0.5) is 5.69 Å². The molecule has 0 radical (unpaired) electrons. The van der Waals surface area contributed by atoms with Crippen LogP contribution in [0.1, 0.15) is 25.0 Å². The van der Waals surface area contributed by atoms with Gasteiger partial charge in [0.2, 0.25) is 0 Å². The fourth-order valence-corrected chi connectivity index (χ4v) is 2.95. The van der Waals surface area contributed by atoms with Crippen LogP contribution in [0, 0.1) is 6.92 Å². The molecule has 0 aliphatic heterocycles. The lowest BCUT2D eigenvalue weighted by molar-refractivity contribution is -0.136. The Morgan fingerprint density at radius 1 is 1.15 bits per heavy atom. The third-order valence-corrected chi connectivity index (χ3v) is 4.45. The monoisotopic (exact) mass is 382 g/mol. The van der Waals surface area contributed by atoms with Crippen LogP contribution in [0.5, 0.6) is 0 Å². The summed E-state index contributed by atoms with van der Waals surface area (Å²) in [6.45, 7) is 6.47. The second kappa shape index (κ2) is 9.88. The highest BCUT2D eigenvalue weighted by molar-refractivity contribution is 7.80. The Bertz CT molecular complexity index is 799. The second-order valence-corrected chi connectivity index (χ2v) is 6.98. The molecule has 27 heavy (non-hydrogen) atoms. The minimum absolute atomic E-state index is 0.111. The third-order valence-electron chi connectivity index (χ3n) is 4.12. The van der Waals surface area contributed by atoms with Crippen molar-refractivity contribution in [1.29, 1.82) is 0 Å². The molecule has 0 unspecified atom stereocenters. The second-order valence-electron chi connectivity index (χ2n) is 6.59. The van der Waals surface area contributed by atoms with Gasteiger partial charge in [-0.05, 0) is 56.8 Å². The van der Waals surface area contributed by atoms with Crippen LogP contribution in [-0.2, 0) is 9.53 Å². The van der Waals surface area contributed by atoms with E-state index in [4.69, 9.17) is 17.0 Å². The normalized spacial score (nSPS) is 11.2. The number of ether oxygens (including phenoxy) is 1. The lowest BCUT2D eigenvalue weighted by Crippen LogP contribution is -2.42. The minimum atomic E-state index is -0.358. The van der Waals surface area contributed by atoms with Gasteiger partial charge in [0.1, 0.15) is 0 Å². The van der Waals surface area contributed by atoms with Crippen molar-refractivity contribution in [2.24, 2.45) is 0 Å². The van der Waals surface area contributed by atoms with Crippen LogP contribution in [0.3, 0.4) is 0 Å². The van der Waals surface area contributed by atoms with E-state index in [0.29, 0.717) is 17.2 Å². The Morgan fingerprint density at radius 2 is 1.78 bits per heavy atom. The molecule has 0 fully saturated rings. The Kier molecular flexibility index (Phi) is 7.55. The van der Waals surface area contributed by atoms with Crippen molar-refractivity contribution in [3.05, 3.63) is 71.3 Å². The van der Waals surface area contributed by atoms with Gasteiger partial charge in [-0.25, -0.2) is 4.79 Å². The average molecular weight is 383 g/mol. The zero-order chi connectivity index (χ0) is 19.8. The lowest BCUT2D eigenvalue weighted by atomic mass is 10.1. The summed E-state index contributed by atoms with van der Waals surface area (Å²) in [5, 5.41) is 3.80. The molecule has 0 aromatic heterocycles. The first-order chi connectivity index (χ1) is 12.9. The summed E-state index contributed by atoms with van der Waals surface area (Å²) >= 11 is 5.59. The third kappa shape index (κ3) is 6.22. The Labute approximate surface area is 166 Å². The highest BCUT2D eigenvalue weighted by atomic mass is 32.1. The van der Waals surface area contributed by atoms with Gasteiger partial charge in [0.25, 0.3) is 0 Å². The van der Waals surface area contributed by atoms with Gasteiger partial charge < -0.3 is 15.0 Å². The summed E-state index contributed by atoms with van der Waals surface area (Å²) < 4.78 is 4.99. The van der Waals surface area contributed by atoms with Crippen LogP contribution < -0.4 is 5.32 Å². The molecule has 2 aromatic rings. The molecular weight excluding hydrogens is 356 g/mol. The molecule has 1 N–H and O–H groups in total. The first-order valence-corrected chi connectivity index (χ1v) is 9.29. The lowest BCUT2D eigenvalue weighted by Gasteiger charge is -2.30. The maximum Gasteiger partial charge on any atom is 0.335 e. The zero-order valence-corrected chi connectivity index (χ0v) is 17.0. The maximum absolute atomic E-state index is 12.3. The standard InChI is InChI=1S/C22H26N2O2S/c1-16(2)24(22(27)23-20-8-6-5-7-9-20)15-19(21(25)26-4)14-18-12-10-17(3)11-13-18/h5-14,16H,15H2,1-4H3,(H,23,27)/b19-14+. The van der Waals surface area contributed by atoms with Gasteiger partial charge >= 0.3 is 5.97 Å². The van der Waals surface area contributed by atoms with Crippen molar-refractivity contribution >= 4 is 35.1 Å². The molecule has 0 spiro atoms. The molecule has 5 heteroatoms. The number of para-hydroxylation sites is 1. The summed E-state index contributed by atoms with van der Waals surface area (Å²) in [6, 6.07) is 17.9. The number of carbonyl (C=O) groups excluding carboxylic acids is 1. The number of carbonyl (C=O) groups is 1. The summed E-state index contributed by atoms with van der Waals surface area (Å²) in [4.78, 5) is 14.3. The van der Waals surface area contributed by atoms with Crippen molar-refractivity contribution in [3.63, 3.8) is 0 Å². The molecule has 0 bridgehead atoms. The molecule has 0 saturated carbocycles. The van der Waals surface area contributed by atoms with Crippen LogP contribution in [0.15, 0.2) is 60.2 Å². The molecule has 2 aromatic carbocycles. The largest absolute Gasteiger partial charge is 0.466 e. The van der Waals surface area contributed by atoms with Gasteiger partial charge in [-0.2, -0.15) is 0 Å². The van der Waals surface area contributed by atoms with Crippen LogP contribution in [-0.4, -0.2) is 35.7 Å². The number of rotatable bonds is 6. The van der Waals surface area contributed by atoms with Crippen molar-refractivity contribution in [1.82, 2.24) is 4.90 Å². The summed E-state index contributed by atoms with van der Waals surface area (Å²) in [5.41, 5.74) is 3.58. The number of hydrogen-bond acceptors (Lipinski definition) is 3. The fraction of sp³-hybridized carbons (Fsp3) is 0.273. The summed E-state index contributed by atoms with van der Waals surface area (Å²) in [7, 11) is 1.39. The molecule has 142 valence electrons. The number of nitrogens with one attached hydrogen (secondary N) is 1. The van der Waals surface area contributed by atoms with E-state index in [1.807, 2.05) is 86.3 Å². The van der Waals surface area contributed by atoms with Gasteiger partial charge in [-0.1, -0.05) is 48.0 Å². The van der Waals surface area contributed by atoms with Crippen LogP contribution >= 0.6 is 12.2 Å². The number of esters is 1. The molecule has 0 saturated heterocycles. The number of methoxy groups -OCH3 is 1.